The van der Waals surface area contributed by atoms with Crippen LogP contribution in [0.15, 0.2) is 127 Å². The fourth-order valence-electron chi connectivity index (χ4n) is 8.89. The normalized spacial score (nSPS) is 13.2. The van der Waals surface area contributed by atoms with Crippen LogP contribution in [0, 0.1) is 0 Å². The Morgan fingerprint density at radius 1 is 0.296 bits per heavy atom. The SMILES string of the molecule is CP(C)(=O)c1ccc(-c2cc3ccc4c(-c5ccc(P(C)(C)=O)cc5)cc5cc(-c6ccc(P(C)(C)=O)cc6)c6ccc7ccc2c2c7c6c5c4c32)cc1. The molecular weight excluding hydrogens is 717 g/mol. The van der Waals surface area contributed by atoms with Crippen molar-refractivity contribution in [2.45, 2.75) is 0 Å². The highest BCUT2D eigenvalue weighted by atomic mass is 31.2. The van der Waals surface area contributed by atoms with Crippen molar-refractivity contribution in [2.75, 3.05) is 40.0 Å². The molecule has 0 amide bonds. The van der Waals surface area contributed by atoms with E-state index in [4.69, 9.17) is 0 Å². The molecule has 0 N–H and O–H groups in total. The zero-order chi connectivity index (χ0) is 37.5. The third kappa shape index (κ3) is 4.99. The molecule has 0 aliphatic heterocycles. The summed E-state index contributed by atoms with van der Waals surface area (Å²) in [6.45, 7) is 10.9. The highest BCUT2D eigenvalue weighted by Gasteiger charge is 2.26. The van der Waals surface area contributed by atoms with Crippen LogP contribution < -0.4 is 15.9 Å². The molecule has 0 saturated heterocycles. The quantitative estimate of drug-likeness (QED) is 0.0964. The molecule has 0 saturated carbocycles. The van der Waals surface area contributed by atoms with Gasteiger partial charge in [-0.1, -0.05) is 109 Å². The largest absolute Gasteiger partial charge is 0.319 e. The van der Waals surface area contributed by atoms with Crippen LogP contribution in [0.1, 0.15) is 0 Å². The van der Waals surface area contributed by atoms with Gasteiger partial charge in [0.05, 0.1) is 0 Å². The molecule has 0 spiro atoms. The molecule has 6 heteroatoms. The van der Waals surface area contributed by atoms with Crippen molar-refractivity contribution in [3.05, 3.63) is 127 Å². The lowest BCUT2D eigenvalue weighted by molar-refractivity contribution is 0.587. The molecule has 0 bridgehead atoms. The monoisotopic (exact) mass is 756 g/mol. The maximum absolute atomic E-state index is 13.0. The van der Waals surface area contributed by atoms with Gasteiger partial charge in [0, 0.05) is 15.9 Å². The molecule has 0 fully saturated rings. The molecule has 0 heterocycles. The van der Waals surface area contributed by atoms with E-state index in [0.29, 0.717) is 0 Å². The summed E-state index contributed by atoms with van der Waals surface area (Å²) in [5.41, 5.74) is 6.75. The van der Waals surface area contributed by atoms with Crippen LogP contribution in [0.2, 0.25) is 0 Å². The highest BCUT2D eigenvalue weighted by Crippen LogP contribution is 2.53. The lowest BCUT2D eigenvalue weighted by atomic mass is 9.78. The molecule has 0 atom stereocenters. The van der Waals surface area contributed by atoms with Gasteiger partial charge in [0.1, 0.15) is 21.4 Å². The zero-order valence-corrected chi connectivity index (χ0v) is 33.9. The number of hydrogen-bond donors (Lipinski definition) is 0. The van der Waals surface area contributed by atoms with Gasteiger partial charge in [-0.15, -0.1) is 0 Å². The smallest absolute Gasteiger partial charge is 0.109 e. The molecule has 0 aliphatic carbocycles. The predicted octanol–water partition coefficient (Wildman–Crippen LogP) is 12.7. The summed E-state index contributed by atoms with van der Waals surface area (Å²) in [7, 11) is -7.21. The van der Waals surface area contributed by atoms with Gasteiger partial charge in [0.25, 0.3) is 0 Å². The van der Waals surface area contributed by atoms with Gasteiger partial charge < -0.3 is 13.7 Å². The van der Waals surface area contributed by atoms with Gasteiger partial charge in [0.15, 0.2) is 0 Å². The number of benzene rings is 10. The van der Waals surface area contributed by atoms with E-state index in [1.54, 1.807) is 0 Å². The molecule has 10 rings (SSSR count). The van der Waals surface area contributed by atoms with Crippen LogP contribution in [0.4, 0.5) is 0 Å². The van der Waals surface area contributed by atoms with Crippen LogP contribution in [-0.2, 0) is 13.7 Å². The molecule has 0 aliphatic rings. The van der Waals surface area contributed by atoms with E-state index in [1.165, 1.54) is 64.6 Å². The van der Waals surface area contributed by atoms with Crippen molar-refractivity contribution in [3.8, 4) is 33.4 Å². The average molecular weight is 757 g/mol. The van der Waals surface area contributed by atoms with Crippen LogP contribution >= 0.6 is 21.4 Å². The Hall–Kier alpha value is -4.77. The second-order valence-corrected chi connectivity index (χ2v) is 25.9. The molecule has 264 valence electrons. The molecule has 0 aromatic heterocycles. The summed E-state index contributed by atoms with van der Waals surface area (Å²) in [5.74, 6) is 0. The van der Waals surface area contributed by atoms with Crippen molar-refractivity contribution in [3.63, 3.8) is 0 Å². The number of rotatable bonds is 6. The standard InChI is InChI=1S/C48H39O3P3/c1-52(2,49)34-16-7-28(8-17-34)40-25-32-15-24-39-42(30-11-20-36(21-12-30)54(5,6)51)27-33-26-41(29-9-18-35(19-10-29)53(3,4)50)38-23-14-31-13-22-37(40)46-43(31)47(38)45(33)48(39)44(32)46/h7-27H,1-6H3. The summed E-state index contributed by atoms with van der Waals surface area (Å²) in [5, 5.41) is 17.4. The van der Waals surface area contributed by atoms with Gasteiger partial charge >= 0.3 is 0 Å². The Bertz CT molecular complexity index is 3080. The van der Waals surface area contributed by atoms with Gasteiger partial charge in [0.2, 0.25) is 0 Å². The van der Waals surface area contributed by atoms with E-state index in [0.717, 1.165) is 49.3 Å². The van der Waals surface area contributed by atoms with Crippen molar-refractivity contribution in [1.82, 2.24) is 0 Å². The molecule has 3 nitrogen and oxygen atoms in total. The summed E-state index contributed by atoms with van der Waals surface area (Å²) in [6, 6.07) is 45.6. The molecule has 0 radical (unpaired) electrons. The number of hydrogen-bond acceptors (Lipinski definition) is 3. The first-order valence-electron chi connectivity index (χ1n) is 18.3. The fraction of sp³-hybridized carbons (Fsp3) is 0.125. The maximum atomic E-state index is 13.0. The van der Waals surface area contributed by atoms with Gasteiger partial charge in [-0.2, -0.15) is 0 Å². The molecule has 10 aromatic rings. The van der Waals surface area contributed by atoms with Crippen LogP contribution in [-0.4, -0.2) is 40.0 Å². The summed E-state index contributed by atoms with van der Waals surface area (Å²) < 4.78 is 38.9. The Morgan fingerprint density at radius 2 is 0.574 bits per heavy atom. The summed E-state index contributed by atoms with van der Waals surface area (Å²) in [4.78, 5) is 0. The Balaban J connectivity index is 1.37. The van der Waals surface area contributed by atoms with Crippen molar-refractivity contribution >= 4 is 102 Å². The predicted molar refractivity (Wildman–Crippen MR) is 239 cm³/mol. The lowest BCUT2D eigenvalue weighted by Crippen LogP contribution is -2.02. The van der Waals surface area contributed by atoms with E-state index in [2.05, 4.69) is 91.0 Å². The van der Waals surface area contributed by atoms with Crippen molar-refractivity contribution in [1.29, 1.82) is 0 Å². The Labute approximate surface area is 315 Å². The summed E-state index contributed by atoms with van der Waals surface area (Å²) >= 11 is 0. The topological polar surface area (TPSA) is 51.2 Å². The first-order chi connectivity index (χ1) is 25.7. The maximum Gasteiger partial charge on any atom is 0.109 e. The van der Waals surface area contributed by atoms with Gasteiger partial charge in [-0.05, 0) is 156 Å². The van der Waals surface area contributed by atoms with Crippen molar-refractivity contribution in [2.24, 2.45) is 0 Å². The first kappa shape index (κ1) is 33.8. The second kappa shape index (κ2) is 11.4. The van der Waals surface area contributed by atoms with Crippen LogP contribution in [0.3, 0.4) is 0 Å². The van der Waals surface area contributed by atoms with Crippen molar-refractivity contribution < 1.29 is 13.7 Å². The average Bonchev–Trinajstić information content (AvgIpc) is 3.15. The van der Waals surface area contributed by atoms with E-state index in [-0.39, 0.29) is 0 Å². The van der Waals surface area contributed by atoms with Crippen LogP contribution in [0.5, 0.6) is 0 Å². The van der Waals surface area contributed by atoms with Gasteiger partial charge in [-0.3, -0.25) is 0 Å². The van der Waals surface area contributed by atoms with E-state index in [1.807, 2.05) is 76.4 Å². The minimum absolute atomic E-state index is 0.877. The molecule has 54 heavy (non-hydrogen) atoms. The minimum atomic E-state index is -2.41. The Morgan fingerprint density at radius 3 is 0.907 bits per heavy atom. The molecule has 0 unspecified atom stereocenters. The summed E-state index contributed by atoms with van der Waals surface area (Å²) in [6.07, 6.45) is 0. The van der Waals surface area contributed by atoms with E-state index >= 15 is 0 Å². The lowest BCUT2D eigenvalue weighted by Gasteiger charge is -2.25. The second-order valence-electron chi connectivity index (χ2n) is 16.2. The van der Waals surface area contributed by atoms with Gasteiger partial charge in [-0.25, -0.2) is 0 Å². The van der Waals surface area contributed by atoms with E-state index < -0.39 is 21.4 Å². The van der Waals surface area contributed by atoms with E-state index in [9.17, 15) is 13.7 Å². The highest BCUT2D eigenvalue weighted by molar-refractivity contribution is 7.70. The minimum Gasteiger partial charge on any atom is -0.319 e. The molecular formula is C48H39O3P3. The zero-order valence-electron chi connectivity index (χ0n) is 31.2. The fourth-order valence-corrected chi connectivity index (χ4v) is 11.5. The Kier molecular flexibility index (Phi) is 7.12. The third-order valence-corrected chi connectivity index (χ3v) is 16.3. The first-order valence-corrected chi connectivity index (χ1v) is 26.1. The molecule has 10 aromatic carbocycles. The third-order valence-electron chi connectivity index (χ3n) is 11.6. The van der Waals surface area contributed by atoms with Crippen LogP contribution in [0.25, 0.3) is 98.0 Å².